The van der Waals surface area contributed by atoms with Gasteiger partial charge >= 0.3 is 0 Å². The Morgan fingerprint density at radius 2 is 1.75 bits per heavy atom. The normalized spacial score (nSPS) is 21.6. The first-order valence-electron chi connectivity index (χ1n) is 6.35. The maximum atomic E-state index is 2.59. The van der Waals surface area contributed by atoms with Gasteiger partial charge in [-0.05, 0) is 37.8 Å². The molecule has 1 saturated heterocycles. The van der Waals surface area contributed by atoms with Gasteiger partial charge in [-0.2, -0.15) is 0 Å². The van der Waals surface area contributed by atoms with Crippen LogP contribution in [-0.4, -0.2) is 22.6 Å². The molecular weight excluding hydrogens is 196 g/mol. The zero-order valence-electron chi connectivity index (χ0n) is 10.1. The molecule has 2 nitrogen and oxygen atoms in total. The number of allylic oxidation sites excluding steroid dienone is 1. The van der Waals surface area contributed by atoms with Crippen molar-refractivity contribution >= 4 is 0 Å². The van der Waals surface area contributed by atoms with Crippen molar-refractivity contribution in [2.45, 2.75) is 32.2 Å². The fraction of sp³-hybridized carbons (Fsp3) is 0.571. The molecule has 2 heteroatoms. The minimum atomic E-state index is 1.12. The van der Waals surface area contributed by atoms with Crippen LogP contribution in [0.1, 0.15) is 31.4 Å². The third kappa shape index (κ3) is 2.07. The van der Waals surface area contributed by atoms with Crippen LogP contribution in [0.2, 0.25) is 0 Å². The second-order valence-corrected chi connectivity index (χ2v) is 5.09. The standard InChI is InChI=1S/C14H20N2/c1-15-8-2-3-14(15)11-16-9-6-13(7-10-16)12-4-5-12/h2-3,8H,4-7,9-11H2,1H3. The molecule has 2 aliphatic rings. The Balaban J connectivity index is 1.58. The van der Waals surface area contributed by atoms with Crippen molar-refractivity contribution in [1.82, 2.24) is 9.47 Å². The van der Waals surface area contributed by atoms with Gasteiger partial charge < -0.3 is 4.57 Å². The average molecular weight is 216 g/mol. The van der Waals surface area contributed by atoms with E-state index in [9.17, 15) is 0 Å². The zero-order valence-corrected chi connectivity index (χ0v) is 10.1. The molecular formula is C14H20N2. The maximum absolute atomic E-state index is 2.59. The summed E-state index contributed by atoms with van der Waals surface area (Å²) < 4.78 is 2.23. The number of aryl methyl sites for hydroxylation is 1. The molecule has 1 aliphatic heterocycles. The lowest BCUT2D eigenvalue weighted by atomic mass is 10.0. The van der Waals surface area contributed by atoms with E-state index in [1.807, 2.05) is 0 Å². The number of likely N-dealkylation sites (tertiary alicyclic amines) is 1. The molecule has 0 amide bonds. The molecule has 2 heterocycles. The first-order chi connectivity index (χ1) is 7.83. The summed E-state index contributed by atoms with van der Waals surface area (Å²) in [5.74, 6) is 0. The molecule has 1 aliphatic carbocycles. The van der Waals surface area contributed by atoms with Gasteiger partial charge in [0.25, 0.3) is 0 Å². The van der Waals surface area contributed by atoms with Gasteiger partial charge in [0.05, 0.1) is 0 Å². The number of hydrogen-bond donors (Lipinski definition) is 0. The van der Waals surface area contributed by atoms with Crippen LogP contribution < -0.4 is 0 Å². The molecule has 0 aromatic carbocycles. The third-order valence-electron chi connectivity index (χ3n) is 3.90. The average Bonchev–Trinajstić information content (AvgIpc) is 3.07. The highest BCUT2D eigenvalue weighted by Gasteiger charge is 2.22. The van der Waals surface area contributed by atoms with Crippen molar-refractivity contribution < 1.29 is 0 Å². The number of rotatable bonds is 2. The van der Waals surface area contributed by atoms with Crippen molar-refractivity contribution in [3.05, 3.63) is 35.2 Å². The van der Waals surface area contributed by atoms with E-state index in [4.69, 9.17) is 0 Å². The van der Waals surface area contributed by atoms with E-state index < -0.39 is 0 Å². The lowest BCUT2D eigenvalue weighted by molar-refractivity contribution is 0.243. The minimum Gasteiger partial charge on any atom is -0.353 e. The lowest BCUT2D eigenvalue weighted by Crippen LogP contribution is -2.30. The molecule has 0 spiro atoms. The first kappa shape index (κ1) is 10.2. The highest BCUT2D eigenvalue weighted by atomic mass is 15.1. The molecule has 2 fully saturated rings. The molecule has 16 heavy (non-hydrogen) atoms. The quantitative estimate of drug-likeness (QED) is 0.690. The van der Waals surface area contributed by atoms with Crippen LogP contribution in [0.3, 0.4) is 0 Å². The molecule has 3 rings (SSSR count). The number of nitrogens with zero attached hydrogens (tertiary/aromatic N) is 2. The predicted octanol–water partition coefficient (Wildman–Crippen LogP) is 2.71. The van der Waals surface area contributed by atoms with Crippen LogP contribution in [0.5, 0.6) is 0 Å². The topological polar surface area (TPSA) is 8.17 Å². The second kappa shape index (κ2) is 4.10. The highest BCUT2D eigenvalue weighted by molar-refractivity contribution is 5.26. The monoisotopic (exact) mass is 216 g/mol. The van der Waals surface area contributed by atoms with Gasteiger partial charge in [0, 0.05) is 38.6 Å². The molecule has 0 N–H and O–H groups in total. The van der Waals surface area contributed by atoms with Gasteiger partial charge in [0.2, 0.25) is 0 Å². The Hall–Kier alpha value is -1.02. The Kier molecular flexibility index (Phi) is 2.60. The summed E-state index contributed by atoms with van der Waals surface area (Å²) in [4.78, 5) is 2.59. The highest BCUT2D eigenvalue weighted by Crippen LogP contribution is 2.36. The molecule has 0 radical (unpaired) electrons. The van der Waals surface area contributed by atoms with Gasteiger partial charge in [-0.1, -0.05) is 11.1 Å². The van der Waals surface area contributed by atoms with E-state index in [0.29, 0.717) is 0 Å². The summed E-state index contributed by atoms with van der Waals surface area (Å²) >= 11 is 0. The van der Waals surface area contributed by atoms with E-state index in [1.165, 1.54) is 44.5 Å². The van der Waals surface area contributed by atoms with Crippen LogP contribution in [0.15, 0.2) is 29.5 Å². The number of aromatic nitrogens is 1. The van der Waals surface area contributed by atoms with Crippen molar-refractivity contribution in [1.29, 1.82) is 0 Å². The van der Waals surface area contributed by atoms with Crippen LogP contribution in [0.4, 0.5) is 0 Å². The summed E-state index contributed by atoms with van der Waals surface area (Å²) in [5.41, 5.74) is 4.99. The van der Waals surface area contributed by atoms with Crippen LogP contribution in [-0.2, 0) is 13.6 Å². The smallest absolute Gasteiger partial charge is 0.0387 e. The van der Waals surface area contributed by atoms with Crippen LogP contribution in [0.25, 0.3) is 0 Å². The fourth-order valence-corrected chi connectivity index (χ4v) is 2.64. The number of piperidine rings is 1. The van der Waals surface area contributed by atoms with Crippen LogP contribution >= 0.6 is 0 Å². The van der Waals surface area contributed by atoms with E-state index >= 15 is 0 Å². The molecule has 1 saturated carbocycles. The first-order valence-corrected chi connectivity index (χ1v) is 6.35. The molecule has 0 bridgehead atoms. The Bertz CT molecular complexity index is 398. The van der Waals surface area contributed by atoms with Crippen molar-refractivity contribution in [3.8, 4) is 0 Å². The Morgan fingerprint density at radius 1 is 1.06 bits per heavy atom. The van der Waals surface area contributed by atoms with E-state index in [1.54, 1.807) is 11.1 Å². The lowest BCUT2D eigenvalue weighted by Gasteiger charge is -2.28. The van der Waals surface area contributed by atoms with Crippen LogP contribution in [0, 0.1) is 0 Å². The van der Waals surface area contributed by atoms with Gasteiger partial charge in [0.15, 0.2) is 0 Å². The summed E-state index contributed by atoms with van der Waals surface area (Å²) in [7, 11) is 2.14. The third-order valence-corrected chi connectivity index (χ3v) is 3.90. The molecule has 86 valence electrons. The molecule has 1 aromatic rings. The summed E-state index contributed by atoms with van der Waals surface area (Å²) in [6.45, 7) is 3.63. The molecule has 0 atom stereocenters. The van der Waals surface area contributed by atoms with Crippen molar-refractivity contribution in [3.63, 3.8) is 0 Å². The van der Waals surface area contributed by atoms with Gasteiger partial charge in [-0.3, -0.25) is 4.90 Å². The zero-order chi connectivity index (χ0) is 11.0. The second-order valence-electron chi connectivity index (χ2n) is 5.09. The summed E-state index contributed by atoms with van der Waals surface area (Å²) in [5, 5.41) is 0. The Morgan fingerprint density at radius 3 is 2.31 bits per heavy atom. The van der Waals surface area contributed by atoms with Crippen molar-refractivity contribution in [2.24, 2.45) is 7.05 Å². The predicted molar refractivity (Wildman–Crippen MR) is 66.2 cm³/mol. The van der Waals surface area contributed by atoms with E-state index in [-0.39, 0.29) is 0 Å². The minimum absolute atomic E-state index is 1.12. The van der Waals surface area contributed by atoms with Crippen molar-refractivity contribution in [2.75, 3.05) is 13.1 Å². The summed E-state index contributed by atoms with van der Waals surface area (Å²) in [6, 6.07) is 4.37. The Labute approximate surface area is 97.6 Å². The number of hydrogen-bond acceptors (Lipinski definition) is 1. The summed E-state index contributed by atoms with van der Waals surface area (Å²) in [6.07, 6.45) is 7.57. The maximum Gasteiger partial charge on any atom is 0.0387 e. The van der Waals surface area contributed by atoms with E-state index in [0.717, 1.165) is 6.54 Å². The van der Waals surface area contributed by atoms with Gasteiger partial charge in [0.1, 0.15) is 0 Å². The molecule has 1 aromatic heterocycles. The van der Waals surface area contributed by atoms with Gasteiger partial charge in [-0.15, -0.1) is 0 Å². The largest absolute Gasteiger partial charge is 0.353 e. The molecule has 0 unspecified atom stereocenters. The SMILES string of the molecule is Cn1cccc1CN1CCC(=C2CC2)CC1. The fourth-order valence-electron chi connectivity index (χ4n) is 2.64. The van der Waals surface area contributed by atoms with E-state index in [2.05, 4.69) is 34.8 Å². The van der Waals surface area contributed by atoms with Gasteiger partial charge in [-0.25, -0.2) is 0 Å².